The van der Waals surface area contributed by atoms with Crippen molar-refractivity contribution >= 4 is 6.09 Å². The van der Waals surface area contributed by atoms with E-state index in [4.69, 9.17) is 9.84 Å². The molecule has 120 valence electrons. The first-order valence-corrected chi connectivity index (χ1v) is 7.88. The molecule has 0 aromatic carbocycles. The van der Waals surface area contributed by atoms with Crippen LogP contribution in [0.4, 0.5) is 4.79 Å². The van der Waals surface area contributed by atoms with Gasteiger partial charge < -0.3 is 14.7 Å². The lowest BCUT2D eigenvalue weighted by Crippen LogP contribution is -2.42. The molecule has 21 heavy (non-hydrogen) atoms. The van der Waals surface area contributed by atoms with Crippen molar-refractivity contribution in [3.05, 3.63) is 0 Å². The van der Waals surface area contributed by atoms with Gasteiger partial charge in [-0.3, -0.25) is 0 Å². The van der Waals surface area contributed by atoms with Gasteiger partial charge in [-0.2, -0.15) is 0 Å². The Morgan fingerprint density at radius 3 is 2.43 bits per heavy atom. The van der Waals surface area contributed by atoms with E-state index in [0.29, 0.717) is 5.92 Å². The topological polar surface area (TPSA) is 49.8 Å². The molecular formula is C17H29NO3. The number of aliphatic hydroxyl groups excluding tert-OH is 1. The number of hydrogen-bond donors (Lipinski definition) is 1. The van der Waals surface area contributed by atoms with Crippen molar-refractivity contribution in [3.63, 3.8) is 0 Å². The van der Waals surface area contributed by atoms with Crippen LogP contribution in [-0.4, -0.2) is 41.4 Å². The van der Waals surface area contributed by atoms with Gasteiger partial charge in [0.2, 0.25) is 0 Å². The van der Waals surface area contributed by atoms with Crippen molar-refractivity contribution in [1.82, 2.24) is 4.90 Å². The maximum Gasteiger partial charge on any atom is 0.410 e. The van der Waals surface area contributed by atoms with Gasteiger partial charge in [0.25, 0.3) is 0 Å². The normalized spacial score (nSPS) is 22.1. The molecule has 1 N–H and O–H groups in total. The highest BCUT2D eigenvalue weighted by Gasteiger charge is 2.28. The molecule has 4 nitrogen and oxygen atoms in total. The number of carbonyl (C=O) groups is 1. The summed E-state index contributed by atoms with van der Waals surface area (Å²) in [4.78, 5) is 13.8. The average Bonchev–Trinajstić information content (AvgIpc) is 2.41. The number of rotatable bonds is 3. The fourth-order valence-electron chi connectivity index (χ4n) is 2.47. The van der Waals surface area contributed by atoms with Crippen LogP contribution in [0, 0.1) is 17.8 Å². The third-order valence-corrected chi connectivity index (χ3v) is 3.69. The molecule has 0 heterocycles. The molecule has 0 aromatic rings. The number of ether oxygens (including phenoxy) is 1. The SMILES string of the molecule is CN(C(=O)OC(C)(C)C)[C@H]1CC[C@H](C#CCCCO)CC1. The third kappa shape index (κ3) is 6.86. The zero-order chi connectivity index (χ0) is 15.9. The lowest BCUT2D eigenvalue weighted by molar-refractivity contribution is 0.0180. The number of nitrogens with zero attached hydrogens (tertiary/aromatic N) is 1. The number of aliphatic hydroxyl groups is 1. The van der Waals surface area contributed by atoms with Crippen LogP contribution in [0.5, 0.6) is 0 Å². The first kappa shape index (κ1) is 17.8. The summed E-state index contributed by atoms with van der Waals surface area (Å²) in [5.41, 5.74) is -0.444. The zero-order valence-corrected chi connectivity index (χ0v) is 13.8. The summed E-state index contributed by atoms with van der Waals surface area (Å²) >= 11 is 0. The van der Waals surface area contributed by atoms with Gasteiger partial charge in [0, 0.05) is 32.0 Å². The third-order valence-electron chi connectivity index (χ3n) is 3.69. The van der Waals surface area contributed by atoms with Gasteiger partial charge in [-0.05, 0) is 52.9 Å². The van der Waals surface area contributed by atoms with Crippen LogP contribution in [0.3, 0.4) is 0 Å². The van der Waals surface area contributed by atoms with Crippen molar-refractivity contribution in [2.24, 2.45) is 5.92 Å². The van der Waals surface area contributed by atoms with E-state index in [1.54, 1.807) is 4.90 Å². The molecular weight excluding hydrogens is 266 g/mol. The maximum atomic E-state index is 12.0. The Kier molecular flexibility index (Phi) is 7.04. The van der Waals surface area contributed by atoms with Crippen molar-refractivity contribution in [2.75, 3.05) is 13.7 Å². The Labute approximate surface area is 128 Å². The molecule has 0 atom stereocenters. The Bertz CT molecular complexity index is 381. The molecule has 1 rings (SSSR count). The molecule has 1 amide bonds. The van der Waals surface area contributed by atoms with Crippen LogP contribution in [0.1, 0.15) is 59.3 Å². The van der Waals surface area contributed by atoms with E-state index in [0.717, 1.165) is 38.5 Å². The second kappa shape index (κ2) is 8.29. The first-order chi connectivity index (χ1) is 9.83. The number of hydrogen-bond acceptors (Lipinski definition) is 3. The summed E-state index contributed by atoms with van der Waals surface area (Å²) in [6, 6.07) is 0.260. The number of unbranched alkanes of at least 4 members (excludes halogenated alkanes) is 1. The van der Waals surface area contributed by atoms with E-state index in [1.165, 1.54) is 0 Å². The molecule has 0 unspecified atom stereocenters. The second-order valence-electron chi connectivity index (χ2n) is 6.74. The van der Waals surface area contributed by atoms with E-state index in [9.17, 15) is 4.79 Å². The summed E-state index contributed by atoms with van der Waals surface area (Å²) in [5.74, 6) is 6.86. The predicted molar refractivity (Wildman–Crippen MR) is 83.8 cm³/mol. The summed E-state index contributed by atoms with van der Waals surface area (Å²) in [7, 11) is 1.83. The highest BCUT2D eigenvalue weighted by Crippen LogP contribution is 2.27. The highest BCUT2D eigenvalue weighted by atomic mass is 16.6. The van der Waals surface area contributed by atoms with Crippen LogP contribution in [-0.2, 0) is 4.74 Å². The fourth-order valence-corrected chi connectivity index (χ4v) is 2.47. The van der Waals surface area contributed by atoms with E-state index in [1.807, 2.05) is 27.8 Å². The molecule has 0 aliphatic heterocycles. The molecule has 4 heteroatoms. The molecule has 0 saturated heterocycles. The van der Waals surface area contributed by atoms with Crippen molar-refractivity contribution in [3.8, 4) is 11.8 Å². The van der Waals surface area contributed by atoms with E-state index in [2.05, 4.69) is 11.8 Å². The fraction of sp³-hybridized carbons (Fsp3) is 0.824. The molecule has 0 aromatic heterocycles. The van der Waals surface area contributed by atoms with E-state index in [-0.39, 0.29) is 18.7 Å². The van der Waals surface area contributed by atoms with Gasteiger partial charge in [0.15, 0.2) is 0 Å². The minimum atomic E-state index is -0.444. The van der Waals surface area contributed by atoms with Gasteiger partial charge in [-0.1, -0.05) is 5.92 Å². The Morgan fingerprint density at radius 2 is 1.90 bits per heavy atom. The number of amides is 1. The minimum Gasteiger partial charge on any atom is -0.444 e. The second-order valence-corrected chi connectivity index (χ2v) is 6.74. The molecule has 0 spiro atoms. The monoisotopic (exact) mass is 295 g/mol. The molecule has 0 bridgehead atoms. The molecule has 1 fully saturated rings. The molecule has 0 radical (unpaired) electrons. The summed E-state index contributed by atoms with van der Waals surface area (Å²) < 4.78 is 5.41. The largest absolute Gasteiger partial charge is 0.444 e. The first-order valence-electron chi connectivity index (χ1n) is 7.88. The van der Waals surface area contributed by atoms with Gasteiger partial charge in [-0.15, -0.1) is 5.92 Å². The standard InChI is InChI=1S/C17H29NO3/c1-17(2,3)21-16(20)18(4)15-11-9-14(10-12-15)8-6-5-7-13-19/h14-15,19H,5,7,9-13H2,1-4H3/t14-,15-. The van der Waals surface area contributed by atoms with Gasteiger partial charge >= 0.3 is 6.09 Å². The van der Waals surface area contributed by atoms with Crippen LogP contribution in [0.15, 0.2) is 0 Å². The van der Waals surface area contributed by atoms with Crippen molar-refractivity contribution in [1.29, 1.82) is 0 Å². The van der Waals surface area contributed by atoms with E-state index >= 15 is 0 Å². The highest BCUT2D eigenvalue weighted by molar-refractivity contribution is 5.68. The molecule has 1 aliphatic carbocycles. The van der Waals surface area contributed by atoms with Crippen molar-refractivity contribution < 1.29 is 14.6 Å². The van der Waals surface area contributed by atoms with Gasteiger partial charge in [0.05, 0.1) is 0 Å². The maximum absolute atomic E-state index is 12.0. The quantitative estimate of drug-likeness (QED) is 0.642. The summed E-state index contributed by atoms with van der Waals surface area (Å²) in [6.45, 7) is 5.87. The van der Waals surface area contributed by atoms with Crippen LogP contribution in [0.25, 0.3) is 0 Å². The lowest BCUT2D eigenvalue weighted by atomic mass is 9.86. The van der Waals surface area contributed by atoms with Crippen LogP contribution in [0.2, 0.25) is 0 Å². The Balaban J connectivity index is 2.37. The van der Waals surface area contributed by atoms with Crippen LogP contribution >= 0.6 is 0 Å². The Hall–Kier alpha value is -1.21. The Morgan fingerprint density at radius 1 is 1.29 bits per heavy atom. The molecule has 1 aliphatic rings. The smallest absolute Gasteiger partial charge is 0.410 e. The van der Waals surface area contributed by atoms with Crippen molar-refractivity contribution in [2.45, 2.75) is 70.9 Å². The minimum absolute atomic E-state index is 0.210. The van der Waals surface area contributed by atoms with E-state index < -0.39 is 5.60 Å². The summed E-state index contributed by atoms with van der Waals surface area (Å²) in [5, 5.41) is 8.71. The lowest BCUT2D eigenvalue weighted by Gasteiger charge is -2.34. The zero-order valence-electron chi connectivity index (χ0n) is 13.8. The predicted octanol–water partition coefficient (Wildman–Crippen LogP) is 3.19. The summed E-state index contributed by atoms with van der Waals surface area (Å²) in [6.07, 6.45) is 5.32. The van der Waals surface area contributed by atoms with Gasteiger partial charge in [-0.25, -0.2) is 4.79 Å². The van der Waals surface area contributed by atoms with Gasteiger partial charge in [0.1, 0.15) is 5.60 Å². The van der Waals surface area contributed by atoms with Crippen LogP contribution < -0.4 is 0 Å². The average molecular weight is 295 g/mol. The number of carbonyl (C=O) groups excluding carboxylic acids is 1. The molecule has 1 saturated carbocycles.